The molecule has 0 fully saturated rings. The Morgan fingerprint density at radius 1 is 0.279 bits per heavy atom. The smallest absolute Gasteiger partial charge is 0.211 e. The van der Waals surface area contributed by atoms with Gasteiger partial charge in [-0.3, -0.25) is 0 Å². The van der Waals surface area contributed by atoms with Crippen LogP contribution < -0.4 is 0 Å². The van der Waals surface area contributed by atoms with Crippen molar-refractivity contribution in [3.63, 3.8) is 0 Å². The monoisotopic (exact) mass is 622 g/mol. The highest BCUT2D eigenvalue weighted by Crippen LogP contribution is 2.17. The third-order valence-corrected chi connectivity index (χ3v) is 9.81. The van der Waals surface area contributed by atoms with Gasteiger partial charge in [-0.2, -0.15) is 12.6 Å². The number of nitrogens with zero attached hydrogens (tertiary/aromatic N) is 1. The van der Waals surface area contributed by atoms with Crippen molar-refractivity contribution >= 4 is 18.7 Å². The first-order valence-corrected chi connectivity index (χ1v) is 20.7. The molecule has 43 heavy (non-hydrogen) atoms. The fraction of sp³-hybridized carbons (Fsp3) is 0.975. The Hall–Kier alpha value is -0.270. The van der Waals surface area contributed by atoms with Crippen LogP contribution in [0.25, 0.3) is 0 Å². The molecule has 0 saturated heterocycles. The molecule has 0 aromatic carbocycles. The predicted octanol–water partition coefficient (Wildman–Crippen LogP) is 14.7. The molecular weight excluding hydrogens is 543 g/mol. The van der Waals surface area contributed by atoms with Crippen molar-refractivity contribution in [2.24, 2.45) is 4.99 Å². The van der Waals surface area contributed by atoms with Crippen LogP contribution in [0.3, 0.4) is 0 Å². The number of hydrogen-bond acceptors (Lipinski definition) is 3. The third-order valence-electron chi connectivity index (χ3n) is 9.49. The lowest BCUT2D eigenvalue weighted by atomic mass is 10.0. The Morgan fingerprint density at radius 3 is 0.605 bits per heavy atom. The number of isocyanates is 1. The molecule has 0 atom stereocenters. The van der Waals surface area contributed by atoms with Crippen molar-refractivity contribution in [1.82, 2.24) is 0 Å². The van der Waals surface area contributed by atoms with E-state index in [-0.39, 0.29) is 0 Å². The van der Waals surface area contributed by atoms with Gasteiger partial charge in [0, 0.05) is 0 Å². The molecule has 3 heteroatoms. The Kier molecular flexibility index (Phi) is 41.5. The van der Waals surface area contributed by atoms with Crippen LogP contribution >= 0.6 is 12.6 Å². The molecule has 0 spiro atoms. The van der Waals surface area contributed by atoms with Gasteiger partial charge in [0.05, 0.1) is 6.54 Å². The third kappa shape index (κ3) is 41.7. The minimum atomic E-state index is 0.669. The molecular formula is C40H79NOS. The van der Waals surface area contributed by atoms with Crippen LogP contribution in [0.4, 0.5) is 0 Å². The summed E-state index contributed by atoms with van der Waals surface area (Å²) in [5.41, 5.74) is 0. The second-order valence-electron chi connectivity index (χ2n) is 13.8. The van der Waals surface area contributed by atoms with Crippen molar-refractivity contribution in [2.45, 2.75) is 238 Å². The highest BCUT2D eigenvalue weighted by Gasteiger charge is 1.98. The maximum atomic E-state index is 10.0. The Balaban J connectivity index is 3.03. The molecule has 0 radical (unpaired) electrons. The van der Waals surface area contributed by atoms with E-state index in [1.54, 1.807) is 6.08 Å². The van der Waals surface area contributed by atoms with Crippen LogP contribution in [0.2, 0.25) is 0 Å². The number of carbonyl (C=O) groups excluding carboxylic acids is 1. The molecule has 0 aromatic rings. The summed E-state index contributed by atoms with van der Waals surface area (Å²) >= 11 is 4.29. The normalized spacial score (nSPS) is 11.3. The summed E-state index contributed by atoms with van der Waals surface area (Å²) in [6, 6.07) is 0. The number of rotatable bonds is 39. The van der Waals surface area contributed by atoms with Crippen molar-refractivity contribution in [1.29, 1.82) is 0 Å². The summed E-state index contributed by atoms with van der Waals surface area (Å²) in [6.45, 7) is 0.669. The summed E-state index contributed by atoms with van der Waals surface area (Å²) in [7, 11) is 0. The zero-order valence-corrected chi connectivity index (χ0v) is 30.3. The van der Waals surface area contributed by atoms with Gasteiger partial charge in [-0.05, 0) is 18.6 Å². The summed E-state index contributed by atoms with van der Waals surface area (Å²) in [5.74, 6) is 1.06. The van der Waals surface area contributed by atoms with E-state index in [2.05, 4.69) is 17.6 Å². The molecule has 0 aliphatic heterocycles. The highest BCUT2D eigenvalue weighted by molar-refractivity contribution is 7.80. The summed E-state index contributed by atoms with van der Waals surface area (Å²) in [4.78, 5) is 13.6. The number of aliphatic imine (C=N–C) groups is 1. The summed E-state index contributed by atoms with van der Waals surface area (Å²) in [6.07, 6.45) is 54.6. The van der Waals surface area contributed by atoms with Gasteiger partial charge in [-0.1, -0.05) is 225 Å². The van der Waals surface area contributed by atoms with Gasteiger partial charge in [0.15, 0.2) is 0 Å². The average molecular weight is 622 g/mol. The zero-order valence-electron chi connectivity index (χ0n) is 29.4. The lowest BCUT2D eigenvalue weighted by molar-refractivity contribution is 0.510. The van der Waals surface area contributed by atoms with Crippen molar-refractivity contribution in [3.8, 4) is 0 Å². The molecule has 2 nitrogen and oxygen atoms in total. The van der Waals surface area contributed by atoms with E-state index in [0.29, 0.717) is 6.54 Å². The fourth-order valence-corrected chi connectivity index (χ4v) is 6.76. The van der Waals surface area contributed by atoms with Crippen LogP contribution in [0.5, 0.6) is 0 Å². The second-order valence-corrected chi connectivity index (χ2v) is 14.2. The largest absolute Gasteiger partial charge is 0.234 e. The van der Waals surface area contributed by atoms with E-state index < -0.39 is 0 Å². The van der Waals surface area contributed by atoms with E-state index in [1.165, 1.54) is 231 Å². The molecule has 0 aromatic heterocycles. The first-order chi connectivity index (χ1) is 21.4. The quantitative estimate of drug-likeness (QED) is 0.0314. The number of unbranched alkanes of at least 4 members (excludes halogenated alkanes) is 36. The number of thiol groups is 1. The topological polar surface area (TPSA) is 29.4 Å². The van der Waals surface area contributed by atoms with Gasteiger partial charge >= 0.3 is 0 Å². The van der Waals surface area contributed by atoms with Gasteiger partial charge in [0.25, 0.3) is 0 Å². The molecule has 0 rings (SSSR count). The van der Waals surface area contributed by atoms with Gasteiger partial charge in [0.1, 0.15) is 0 Å². The van der Waals surface area contributed by atoms with E-state index in [1.807, 2.05) is 0 Å². The SMILES string of the molecule is O=C=NCCCCCCCCCCCCCCCCCCCCCCCCCCCCCCCCCCCCCCCS. The van der Waals surface area contributed by atoms with Gasteiger partial charge in [-0.15, -0.1) is 0 Å². The van der Waals surface area contributed by atoms with Crippen molar-refractivity contribution < 1.29 is 4.79 Å². The molecule has 256 valence electrons. The Morgan fingerprint density at radius 2 is 0.442 bits per heavy atom. The van der Waals surface area contributed by atoms with Crippen LogP contribution in [0.15, 0.2) is 4.99 Å². The number of hydrogen-bond donors (Lipinski definition) is 1. The summed E-state index contributed by atoms with van der Waals surface area (Å²) in [5, 5.41) is 0. The van der Waals surface area contributed by atoms with Crippen LogP contribution in [-0.4, -0.2) is 18.4 Å². The standard InChI is InChI=1S/C40H79NOS/c42-40-41-38-36-34-32-30-28-26-24-22-20-18-16-14-12-10-8-6-4-2-1-3-5-7-9-11-13-15-17-19-21-23-25-27-29-31-33-35-37-39-43/h43H,1-39H2. The minimum Gasteiger partial charge on any atom is -0.211 e. The molecule has 0 bridgehead atoms. The molecule has 0 amide bonds. The van der Waals surface area contributed by atoms with Gasteiger partial charge in [-0.25, -0.2) is 9.79 Å². The van der Waals surface area contributed by atoms with E-state index in [9.17, 15) is 4.79 Å². The molecule has 0 N–H and O–H groups in total. The van der Waals surface area contributed by atoms with Crippen LogP contribution in [-0.2, 0) is 4.79 Å². The maximum absolute atomic E-state index is 10.0. The van der Waals surface area contributed by atoms with E-state index >= 15 is 0 Å². The maximum Gasteiger partial charge on any atom is 0.234 e. The molecule has 0 saturated carbocycles. The average Bonchev–Trinajstić information content (AvgIpc) is 3.02. The molecule has 0 unspecified atom stereocenters. The first-order valence-electron chi connectivity index (χ1n) is 20.1. The van der Waals surface area contributed by atoms with Crippen LogP contribution in [0, 0.1) is 0 Å². The fourth-order valence-electron chi connectivity index (χ4n) is 6.54. The Bertz CT molecular complexity index is 533. The molecule has 0 aliphatic carbocycles. The lowest BCUT2D eigenvalue weighted by Crippen LogP contribution is -1.85. The first kappa shape index (κ1) is 42.7. The minimum absolute atomic E-state index is 0.669. The van der Waals surface area contributed by atoms with E-state index in [0.717, 1.165) is 12.2 Å². The van der Waals surface area contributed by atoms with Crippen molar-refractivity contribution in [3.05, 3.63) is 0 Å². The molecule has 0 heterocycles. The predicted molar refractivity (Wildman–Crippen MR) is 198 cm³/mol. The lowest BCUT2D eigenvalue weighted by Gasteiger charge is -2.05. The second kappa shape index (κ2) is 41.7. The van der Waals surface area contributed by atoms with Crippen molar-refractivity contribution in [2.75, 3.05) is 12.3 Å². The summed E-state index contributed by atoms with van der Waals surface area (Å²) < 4.78 is 0. The zero-order chi connectivity index (χ0) is 31.0. The molecule has 0 aliphatic rings. The Labute approximate surface area is 277 Å². The van der Waals surface area contributed by atoms with Gasteiger partial charge in [0.2, 0.25) is 6.08 Å². The van der Waals surface area contributed by atoms with E-state index in [4.69, 9.17) is 0 Å². The van der Waals surface area contributed by atoms with Gasteiger partial charge < -0.3 is 0 Å². The van der Waals surface area contributed by atoms with Crippen LogP contribution in [0.1, 0.15) is 238 Å². The highest BCUT2D eigenvalue weighted by atomic mass is 32.1.